The molecule has 1 saturated carbocycles. The van der Waals surface area contributed by atoms with Crippen LogP contribution in [0, 0.1) is 11.8 Å². The molecule has 1 amide bonds. The summed E-state index contributed by atoms with van der Waals surface area (Å²) in [5, 5.41) is 0. The fraction of sp³-hybridized carbons (Fsp3) is 0.900. The van der Waals surface area contributed by atoms with Crippen LogP contribution in [-0.2, 0) is 4.79 Å². The van der Waals surface area contributed by atoms with Crippen LogP contribution in [0.25, 0.3) is 0 Å². The van der Waals surface area contributed by atoms with Gasteiger partial charge < -0.3 is 4.90 Å². The predicted molar refractivity (Wildman–Crippen MR) is 47.7 cm³/mol. The van der Waals surface area contributed by atoms with E-state index in [4.69, 9.17) is 0 Å². The smallest absolute Gasteiger partial charge is 0.222 e. The molecular weight excluding hydrogens is 150 g/mol. The number of nitrogens with zero attached hydrogens (tertiary/aromatic N) is 1. The van der Waals surface area contributed by atoms with Crippen molar-refractivity contribution in [2.75, 3.05) is 13.1 Å². The maximum Gasteiger partial charge on any atom is 0.222 e. The van der Waals surface area contributed by atoms with Gasteiger partial charge in [0.2, 0.25) is 5.91 Å². The van der Waals surface area contributed by atoms with Crippen molar-refractivity contribution in [2.45, 2.75) is 32.6 Å². The maximum atomic E-state index is 11.4. The van der Waals surface area contributed by atoms with Gasteiger partial charge in [-0.2, -0.15) is 0 Å². The third-order valence-electron chi connectivity index (χ3n) is 3.27. The predicted octanol–water partition coefficient (Wildman–Crippen LogP) is 1.65. The summed E-state index contributed by atoms with van der Waals surface area (Å²) in [5.41, 5.74) is 0. The SMILES string of the molecule is CCC(=O)N1CCC2CC(C2)C1. The van der Waals surface area contributed by atoms with E-state index in [2.05, 4.69) is 4.90 Å². The first-order valence-corrected chi connectivity index (χ1v) is 5.07. The molecule has 3 rings (SSSR count). The van der Waals surface area contributed by atoms with Crippen molar-refractivity contribution in [1.82, 2.24) is 4.90 Å². The lowest BCUT2D eigenvalue weighted by Gasteiger charge is -2.32. The van der Waals surface area contributed by atoms with Crippen molar-refractivity contribution in [3.63, 3.8) is 0 Å². The van der Waals surface area contributed by atoms with E-state index < -0.39 is 0 Å². The molecule has 2 aliphatic heterocycles. The highest BCUT2D eigenvalue weighted by atomic mass is 16.2. The van der Waals surface area contributed by atoms with Gasteiger partial charge in [0.15, 0.2) is 0 Å². The Balaban J connectivity index is 1.94. The molecule has 0 radical (unpaired) electrons. The minimum absolute atomic E-state index is 0.350. The van der Waals surface area contributed by atoms with Crippen molar-refractivity contribution in [3.05, 3.63) is 0 Å². The molecule has 0 spiro atoms. The van der Waals surface area contributed by atoms with Crippen molar-refractivity contribution in [3.8, 4) is 0 Å². The molecule has 1 aliphatic carbocycles. The van der Waals surface area contributed by atoms with Gasteiger partial charge in [-0.1, -0.05) is 6.92 Å². The van der Waals surface area contributed by atoms with Gasteiger partial charge in [-0.25, -0.2) is 0 Å². The Kier molecular flexibility index (Phi) is 2.07. The highest BCUT2D eigenvalue weighted by molar-refractivity contribution is 5.75. The lowest BCUT2D eigenvalue weighted by Crippen LogP contribution is -2.34. The second-order valence-electron chi connectivity index (χ2n) is 4.19. The van der Waals surface area contributed by atoms with Crippen LogP contribution in [0.3, 0.4) is 0 Å². The summed E-state index contributed by atoms with van der Waals surface area (Å²) in [6.07, 6.45) is 4.70. The molecule has 2 saturated heterocycles. The molecule has 3 fully saturated rings. The van der Waals surface area contributed by atoms with Gasteiger partial charge in [0.1, 0.15) is 0 Å². The number of carbonyl (C=O) groups excluding carboxylic acids is 1. The van der Waals surface area contributed by atoms with E-state index in [1.165, 1.54) is 19.3 Å². The lowest BCUT2D eigenvalue weighted by atomic mass is 9.75. The Hall–Kier alpha value is -0.530. The zero-order valence-corrected chi connectivity index (χ0v) is 7.75. The van der Waals surface area contributed by atoms with Crippen molar-refractivity contribution in [1.29, 1.82) is 0 Å². The van der Waals surface area contributed by atoms with Gasteiger partial charge >= 0.3 is 0 Å². The monoisotopic (exact) mass is 167 g/mol. The van der Waals surface area contributed by atoms with Crippen LogP contribution >= 0.6 is 0 Å². The molecule has 68 valence electrons. The van der Waals surface area contributed by atoms with Crippen molar-refractivity contribution in [2.24, 2.45) is 11.8 Å². The normalized spacial score (nSPS) is 33.9. The van der Waals surface area contributed by atoms with Gasteiger partial charge in [0.25, 0.3) is 0 Å². The van der Waals surface area contributed by atoms with Gasteiger partial charge in [0, 0.05) is 19.5 Å². The van der Waals surface area contributed by atoms with E-state index in [0.29, 0.717) is 12.3 Å². The molecule has 2 bridgehead atoms. The summed E-state index contributed by atoms with van der Waals surface area (Å²) in [6.45, 7) is 4.02. The number of carbonyl (C=O) groups is 1. The molecule has 2 nitrogen and oxygen atoms in total. The van der Waals surface area contributed by atoms with Crippen LogP contribution in [-0.4, -0.2) is 23.9 Å². The average Bonchev–Trinajstić information content (AvgIpc) is 2.32. The summed E-state index contributed by atoms with van der Waals surface area (Å²) in [7, 11) is 0. The summed E-state index contributed by atoms with van der Waals surface area (Å²) in [4.78, 5) is 13.5. The molecule has 3 aliphatic rings. The number of fused-ring (bicyclic) bond motifs is 3. The molecule has 0 aromatic heterocycles. The Bertz CT molecular complexity index is 184. The van der Waals surface area contributed by atoms with Crippen molar-refractivity contribution < 1.29 is 4.79 Å². The third kappa shape index (κ3) is 1.35. The number of amides is 1. The van der Waals surface area contributed by atoms with E-state index in [0.717, 1.165) is 24.9 Å². The second-order valence-corrected chi connectivity index (χ2v) is 4.19. The van der Waals surface area contributed by atoms with Gasteiger partial charge in [-0.3, -0.25) is 4.79 Å². The number of hydrogen-bond donors (Lipinski definition) is 0. The number of hydrogen-bond acceptors (Lipinski definition) is 1. The minimum Gasteiger partial charge on any atom is -0.342 e. The van der Waals surface area contributed by atoms with E-state index in [1.54, 1.807) is 0 Å². The van der Waals surface area contributed by atoms with E-state index in [-0.39, 0.29) is 0 Å². The highest BCUT2D eigenvalue weighted by Crippen LogP contribution is 2.39. The number of rotatable bonds is 1. The van der Waals surface area contributed by atoms with Crippen LogP contribution in [0.5, 0.6) is 0 Å². The van der Waals surface area contributed by atoms with Crippen LogP contribution < -0.4 is 0 Å². The summed E-state index contributed by atoms with van der Waals surface area (Å²) in [6, 6.07) is 0. The van der Waals surface area contributed by atoms with Crippen LogP contribution in [0.15, 0.2) is 0 Å². The van der Waals surface area contributed by atoms with Crippen LogP contribution in [0.4, 0.5) is 0 Å². The standard InChI is InChI=1S/C10H17NO/c1-2-10(12)11-4-3-8-5-9(6-8)7-11/h8-9H,2-7H2,1H3. The van der Waals surface area contributed by atoms with Gasteiger partial charge in [-0.05, 0) is 31.1 Å². The summed E-state index contributed by atoms with van der Waals surface area (Å²) < 4.78 is 0. The van der Waals surface area contributed by atoms with Gasteiger partial charge in [-0.15, -0.1) is 0 Å². The van der Waals surface area contributed by atoms with E-state index in [9.17, 15) is 4.79 Å². The summed E-state index contributed by atoms with van der Waals surface area (Å²) >= 11 is 0. The molecule has 2 heteroatoms. The molecule has 2 heterocycles. The molecule has 0 N–H and O–H groups in total. The van der Waals surface area contributed by atoms with E-state index in [1.807, 2.05) is 6.92 Å². The molecule has 12 heavy (non-hydrogen) atoms. The lowest BCUT2D eigenvalue weighted by molar-refractivity contribution is -0.131. The zero-order valence-electron chi connectivity index (χ0n) is 7.75. The Labute approximate surface area is 73.9 Å². The second kappa shape index (κ2) is 3.08. The largest absolute Gasteiger partial charge is 0.342 e. The molecule has 0 atom stereocenters. The Morgan fingerprint density at radius 1 is 1.42 bits per heavy atom. The van der Waals surface area contributed by atoms with Crippen LogP contribution in [0.1, 0.15) is 32.6 Å². The average molecular weight is 167 g/mol. The zero-order chi connectivity index (χ0) is 8.55. The molecule has 0 aromatic carbocycles. The first-order chi connectivity index (χ1) is 5.79. The Morgan fingerprint density at radius 3 is 2.83 bits per heavy atom. The minimum atomic E-state index is 0.350. The van der Waals surface area contributed by atoms with E-state index >= 15 is 0 Å². The fourth-order valence-electron chi connectivity index (χ4n) is 2.45. The first-order valence-electron chi connectivity index (χ1n) is 5.07. The molecule has 0 unspecified atom stereocenters. The topological polar surface area (TPSA) is 20.3 Å². The third-order valence-corrected chi connectivity index (χ3v) is 3.27. The van der Waals surface area contributed by atoms with Crippen LogP contribution in [0.2, 0.25) is 0 Å². The maximum absolute atomic E-state index is 11.4. The highest BCUT2D eigenvalue weighted by Gasteiger charge is 2.34. The molecular formula is C10H17NO. The summed E-state index contributed by atoms with van der Waals surface area (Å²) in [5.74, 6) is 2.14. The van der Waals surface area contributed by atoms with Gasteiger partial charge in [0.05, 0.1) is 0 Å². The quantitative estimate of drug-likeness (QED) is 0.581. The fourth-order valence-corrected chi connectivity index (χ4v) is 2.45. The molecule has 0 aromatic rings. The van der Waals surface area contributed by atoms with Crippen molar-refractivity contribution >= 4 is 5.91 Å². The Morgan fingerprint density at radius 2 is 2.17 bits per heavy atom. The first kappa shape index (κ1) is 8.09.